The van der Waals surface area contributed by atoms with Crippen molar-refractivity contribution >= 4 is 17.6 Å². The number of nitrogens with zero attached hydrogens (tertiary/aromatic N) is 4. The van der Waals surface area contributed by atoms with E-state index < -0.39 is 60.4 Å². The number of carbonyl (C=O) groups is 2. The zero-order valence-electron chi connectivity index (χ0n) is 12.8. The summed E-state index contributed by atoms with van der Waals surface area (Å²) in [6.07, 6.45) is -4.96. The fourth-order valence-electron chi connectivity index (χ4n) is 2.53. The van der Waals surface area contributed by atoms with Crippen molar-refractivity contribution in [2.45, 2.75) is 11.7 Å². The molecule has 1 aliphatic rings. The van der Waals surface area contributed by atoms with Gasteiger partial charge in [-0.2, -0.15) is 23.7 Å². The number of anilines is 1. The van der Waals surface area contributed by atoms with Crippen molar-refractivity contribution in [1.82, 2.24) is 4.90 Å². The minimum atomic E-state index is -4.96. The quantitative estimate of drug-likeness (QED) is 0.462. The van der Waals surface area contributed by atoms with Crippen molar-refractivity contribution in [3.63, 3.8) is 0 Å². The first-order valence-electron chi connectivity index (χ1n) is 6.94. The van der Waals surface area contributed by atoms with E-state index in [1.165, 1.54) is 12.1 Å². The van der Waals surface area contributed by atoms with Crippen LogP contribution in [-0.2, 0) is 11.0 Å². The molecule has 0 spiro atoms. The molecular weight excluding hydrogens is 363 g/mol. The van der Waals surface area contributed by atoms with Gasteiger partial charge in [0.2, 0.25) is 0 Å². The Morgan fingerprint density at radius 1 is 1.12 bits per heavy atom. The molecule has 1 fully saturated rings. The van der Waals surface area contributed by atoms with Crippen LogP contribution in [0.1, 0.15) is 11.1 Å². The summed E-state index contributed by atoms with van der Waals surface area (Å²) in [6, 6.07) is 3.46. The Hall–Kier alpha value is -3.21. The highest BCUT2D eigenvalue weighted by atomic mass is 19.4. The standard InChI is InChI=1S/C15H9F5N4O2/c16-7-14(8-17)12(25)24(13(26)23(14)4-3-21)10-2-1-9(6-22)11(5-10)15(18,19)20/h1-2,5H,4,7-8H2. The van der Waals surface area contributed by atoms with Crippen LogP contribution in [0.3, 0.4) is 0 Å². The van der Waals surface area contributed by atoms with Crippen LogP contribution in [0.15, 0.2) is 18.2 Å². The van der Waals surface area contributed by atoms with E-state index in [0.29, 0.717) is 11.0 Å². The maximum atomic E-state index is 13.4. The molecule has 26 heavy (non-hydrogen) atoms. The summed E-state index contributed by atoms with van der Waals surface area (Å²) in [4.78, 5) is 25.3. The van der Waals surface area contributed by atoms with Gasteiger partial charge in [-0.3, -0.25) is 9.69 Å². The summed E-state index contributed by atoms with van der Waals surface area (Å²) < 4.78 is 66.0. The normalized spacial score (nSPS) is 16.6. The first-order valence-corrected chi connectivity index (χ1v) is 6.94. The molecule has 0 bridgehead atoms. The number of hydrogen-bond acceptors (Lipinski definition) is 4. The molecule has 3 amide bonds. The molecule has 136 valence electrons. The summed E-state index contributed by atoms with van der Waals surface area (Å²) in [5, 5.41) is 17.5. The maximum absolute atomic E-state index is 13.4. The van der Waals surface area contributed by atoms with Gasteiger partial charge in [0.1, 0.15) is 19.9 Å². The number of imide groups is 1. The number of urea groups is 1. The second-order valence-corrected chi connectivity index (χ2v) is 5.31. The molecule has 1 aromatic rings. The van der Waals surface area contributed by atoms with Gasteiger partial charge in [-0.1, -0.05) is 0 Å². The van der Waals surface area contributed by atoms with E-state index in [-0.39, 0.29) is 4.90 Å². The minimum absolute atomic E-state index is 0.174. The van der Waals surface area contributed by atoms with Crippen molar-refractivity contribution < 1.29 is 31.5 Å². The topological polar surface area (TPSA) is 88.2 Å². The van der Waals surface area contributed by atoms with E-state index in [4.69, 9.17) is 10.5 Å². The molecule has 1 saturated heterocycles. The molecule has 1 aromatic carbocycles. The minimum Gasteiger partial charge on any atom is -0.291 e. The number of hydrogen-bond donors (Lipinski definition) is 0. The van der Waals surface area contributed by atoms with Crippen molar-refractivity contribution in [3.05, 3.63) is 29.3 Å². The molecule has 0 radical (unpaired) electrons. The highest BCUT2D eigenvalue weighted by Crippen LogP contribution is 2.38. The van der Waals surface area contributed by atoms with Gasteiger partial charge in [0.05, 0.1) is 29.0 Å². The lowest BCUT2D eigenvalue weighted by Gasteiger charge is -2.27. The summed E-state index contributed by atoms with van der Waals surface area (Å²) in [7, 11) is 0. The van der Waals surface area contributed by atoms with E-state index in [9.17, 15) is 31.5 Å². The Balaban J connectivity index is 2.63. The van der Waals surface area contributed by atoms with Crippen LogP contribution >= 0.6 is 0 Å². The molecular formula is C15H9F5N4O2. The van der Waals surface area contributed by atoms with Crippen LogP contribution in [0.5, 0.6) is 0 Å². The summed E-state index contributed by atoms with van der Waals surface area (Å²) >= 11 is 0. The molecule has 0 N–H and O–H groups in total. The Bertz CT molecular complexity index is 836. The van der Waals surface area contributed by atoms with Gasteiger partial charge in [-0.15, -0.1) is 0 Å². The lowest BCUT2D eigenvalue weighted by atomic mass is 10.0. The fraction of sp³-hybridized carbons (Fsp3) is 0.333. The van der Waals surface area contributed by atoms with Crippen molar-refractivity contribution in [2.24, 2.45) is 0 Å². The predicted octanol–water partition coefficient (Wildman–Crippen LogP) is 2.55. The lowest BCUT2D eigenvalue weighted by molar-refractivity contribution is -0.137. The van der Waals surface area contributed by atoms with E-state index in [2.05, 4.69) is 0 Å². The van der Waals surface area contributed by atoms with E-state index in [1.54, 1.807) is 0 Å². The molecule has 11 heteroatoms. The van der Waals surface area contributed by atoms with Gasteiger partial charge < -0.3 is 0 Å². The highest BCUT2D eigenvalue weighted by Gasteiger charge is 2.58. The van der Waals surface area contributed by atoms with Gasteiger partial charge in [0, 0.05) is 0 Å². The van der Waals surface area contributed by atoms with E-state index in [1.807, 2.05) is 0 Å². The Morgan fingerprint density at radius 3 is 2.19 bits per heavy atom. The number of nitriles is 2. The molecule has 0 unspecified atom stereocenters. The third-order valence-corrected chi connectivity index (χ3v) is 3.90. The summed E-state index contributed by atoms with van der Waals surface area (Å²) in [5.74, 6) is -1.43. The number of carbonyl (C=O) groups excluding carboxylic acids is 2. The average molecular weight is 372 g/mol. The highest BCUT2D eigenvalue weighted by molar-refractivity contribution is 6.23. The fourth-order valence-corrected chi connectivity index (χ4v) is 2.53. The molecule has 0 saturated carbocycles. The number of benzene rings is 1. The molecule has 1 aliphatic heterocycles. The third-order valence-electron chi connectivity index (χ3n) is 3.90. The van der Waals surface area contributed by atoms with Gasteiger partial charge in [-0.05, 0) is 18.2 Å². The SMILES string of the molecule is N#CCN1C(=O)N(c2ccc(C#N)c(C(F)(F)F)c2)C(=O)C1(CF)CF. The third kappa shape index (κ3) is 2.71. The molecule has 6 nitrogen and oxygen atoms in total. The number of rotatable bonds is 4. The van der Waals surface area contributed by atoms with Crippen LogP contribution in [-0.4, -0.2) is 42.3 Å². The molecule has 0 aromatic heterocycles. The Morgan fingerprint density at radius 2 is 1.73 bits per heavy atom. The predicted molar refractivity (Wildman–Crippen MR) is 76.0 cm³/mol. The van der Waals surface area contributed by atoms with Crippen molar-refractivity contribution in [2.75, 3.05) is 24.8 Å². The van der Waals surface area contributed by atoms with Gasteiger partial charge in [0.25, 0.3) is 5.91 Å². The van der Waals surface area contributed by atoms with E-state index in [0.717, 1.165) is 12.1 Å². The van der Waals surface area contributed by atoms with Crippen molar-refractivity contribution in [1.29, 1.82) is 10.5 Å². The number of alkyl halides is 5. The monoisotopic (exact) mass is 372 g/mol. The second kappa shape index (κ2) is 6.59. The van der Waals surface area contributed by atoms with Crippen LogP contribution in [0.25, 0.3) is 0 Å². The molecule has 1 heterocycles. The Kier molecular flexibility index (Phi) is 4.85. The zero-order valence-corrected chi connectivity index (χ0v) is 12.8. The van der Waals surface area contributed by atoms with Crippen molar-refractivity contribution in [3.8, 4) is 12.1 Å². The van der Waals surface area contributed by atoms with Crippen LogP contribution in [0.2, 0.25) is 0 Å². The maximum Gasteiger partial charge on any atom is 0.417 e. The first-order chi connectivity index (χ1) is 12.2. The van der Waals surface area contributed by atoms with Gasteiger partial charge in [-0.25, -0.2) is 18.5 Å². The van der Waals surface area contributed by atoms with Gasteiger partial charge >= 0.3 is 12.2 Å². The zero-order chi connectivity index (χ0) is 19.7. The summed E-state index contributed by atoms with van der Waals surface area (Å²) in [6.45, 7) is -4.15. The van der Waals surface area contributed by atoms with Crippen LogP contribution < -0.4 is 4.90 Å². The van der Waals surface area contributed by atoms with Gasteiger partial charge in [0.15, 0.2) is 5.54 Å². The summed E-state index contributed by atoms with van der Waals surface area (Å²) in [5.41, 5.74) is -5.39. The second-order valence-electron chi connectivity index (χ2n) is 5.31. The van der Waals surface area contributed by atoms with Crippen LogP contribution in [0.4, 0.5) is 32.4 Å². The van der Waals surface area contributed by atoms with E-state index >= 15 is 0 Å². The Labute approximate surface area is 143 Å². The molecule has 0 atom stereocenters. The molecule has 0 aliphatic carbocycles. The molecule has 2 rings (SSSR count). The largest absolute Gasteiger partial charge is 0.417 e. The number of amides is 3. The average Bonchev–Trinajstić information content (AvgIpc) is 2.81. The van der Waals surface area contributed by atoms with Crippen LogP contribution in [0, 0.1) is 22.7 Å². The number of halogens is 5. The first kappa shape index (κ1) is 19.1. The lowest BCUT2D eigenvalue weighted by Crippen LogP contribution is -2.53. The smallest absolute Gasteiger partial charge is 0.291 e.